The van der Waals surface area contributed by atoms with Crippen LogP contribution in [0, 0.1) is 6.92 Å². The summed E-state index contributed by atoms with van der Waals surface area (Å²) in [5, 5.41) is 4.04. The van der Waals surface area contributed by atoms with Crippen LogP contribution in [0.4, 0.5) is 0 Å². The van der Waals surface area contributed by atoms with E-state index in [0.717, 1.165) is 18.4 Å². The van der Waals surface area contributed by atoms with Crippen molar-refractivity contribution in [1.29, 1.82) is 0 Å². The number of carbonyl (C=O) groups excluding carboxylic acids is 2. The largest absolute Gasteiger partial charge is 0.494 e. The van der Waals surface area contributed by atoms with Crippen molar-refractivity contribution in [3.63, 3.8) is 0 Å². The molecule has 0 saturated carbocycles. The SMILES string of the molecule is CCCCOc1ccc(C(=O)Oc2ccc(/C=N\NC(=O)c3ccc(OCc4ccc(C)cc4)cc3)cc2OC)cc1. The molecule has 0 radical (unpaired) electrons. The highest BCUT2D eigenvalue weighted by atomic mass is 16.6. The third-order valence-electron chi connectivity index (χ3n) is 6.27. The number of hydrogen-bond acceptors (Lipinski definition) is 7. The van der Waals surface area contributed by atoms with Crippen LogP contribution in [0.15, 0.2) is 96.1 Å². The Labute approximate surface area is 245 Å². The number of rotatable bonds is 13. The summed E-state index contributed by atoms with van der Waals surface area (Å²) >= 11 is 0. The highest BCUT2D eigenvalue weighted by molar-refractivity contribution is 5.95. The molecular formula is C34H34N2O6. The summed E-state index contributed by atoms with van der Waals surface area (Å²) in [4.78, 5) is 25.2. The normalized spacial score (nSPS) is 10.7. The molecule has 0 atom stereocenters. The summed E-state index contributed by atoms with van der Waals surface area (Å²) in [6.45, 7) is 5.21. The van der Waals surface area contributed by atoms with Crippen molar-refractivity contribution in [2.45, 2.75) is 33.3 Å². The van der Waals surface area contributed by atoms with E-state index in [2.05, 4.69) is 17.5 Å². The van der Waals surface area contributed by atoms with Gasteiger partial charge in [-0.3, -0.25) is 4.79 Å². The number of unbranched alkanes of at least 4 members (excludes halogenated alkanes) is 1. The van der Waals surface area contributed by atoms with Crippen molar-refractivity contribution in [1.82, 2.24) is 5.43 Å². The Balaban J connectivity index is 1.29. The van der Waals surface area contributed by atoms with E-state index in [4.69, 9.17) is 18.9 Å². The number of esters is 1. The van der Waals surface area contributed by atoms with Crippen molar-refractivity contribution in [2.24, 2.45) is 5.10 Å². The van der Waals surface area contributed by atoms with Gasteiger partial charge in [0.15, 0.2) is 11.5 Å². The summed E-state index contributed by atoms with van der Waals surface area (Å²) < 4.78 is 22.4. The topological polar surface area (TPSA) is 95.5 Å². The molecule has 1 N–H and O–H groups in total. The van der Waals surface area contributed by atoms with Crippen molar-refractivity contribution >= 4 is 18.1 Å². The minimum Gasteiger partial charge on any atom is -0.494 e. The quantitative estimate of drug-likeness (QED) is 0.0633. The fourth-order valence-corrected chi connectivity index (χ4v) is 3.81. The molecule has 216 valence electrons. The molecule has 0 aliphatic rings. The van der Waals surface area contributed by atoms with Crippen molar-refractivity contribution in [2.75, 3.05) is 13.7 Å². The van der Waals surface area contributed by atoms with Crippen LogP contribution in [0.5, 0.6) is 23.0 Å². The van der Waals surface area contributed by atoms with Crippen molar-refractivity contribution in [3.05, 3.63) is 119 Å². The molecule has 0 heterocycles. The van der Waals surface area contributed by atoms with Gasteiger partial charge in [-0.1, -0.05) is 43.2 Å². The number of amides is 1. The van der Waals surface area contributed by atoms with Crippen LogP contribution in [0.3, 0.4) is 0 Å². The Morgan fingerprint density at radius 3 is 2.14 bits per heavy atom. The number of carbonyl (C=O) groups is 2. The molecule has 0 spiro atoms. The number of benzene rings is 4. The Hall–Kier alpha value is -5.11. The average molecular weight is 567 g/mol. The molecule has 0 aliphatic carbocycles. The molecule has 0 saturated heterocycles. The van der Waals surface area contributed by atoms with Gasteiger partial charge >= 0.3 is 5.97 Å². The lowest BCUT2D eigenvalue weighted by atomic mass is 10.2. The number of nitrogens with one attached hydrogen (secondary N) is 1. The van der Waals surface area contributed by atoms with Gasteiger partial charge in [0.05, 0.1) is 25.5 Å². The fourth-order valence-electron chi connectivity index (χ4n) is 3.81. The van der Waals surface area contributed by atoms with Gasteiger partial charge in [0.2, 0.25) is 0 Å². The molecule has 0 aromatic heterocycles. The fraction of sp³-hybridized carbons (Fsp3) is 0.206. The second-order valence-electron chi connectivity index (χ2n) is 9.52. The first-order chi connectivity index (χ1) is 20.4. The molecule has 4 aromatic carbocycles. The Kier molecular flexibility index (Phi) is 10.7. The summed E-state index contributed by atoms with van der Waals surface area (Å²) in [7, 11) is 1.48. The molecule has 8 heteroatoms. The number of ether oxygens (including phenoxy) is 4. The lowest BCUT2D eigenvalue weighted by molar-refractivity contribution is 0.0729. The molecule has 4 aromatic rings. The third-order valence-corrected chi connectivity index (χ3v) is 6.27. The molecule has 0 aliphatic heterocycles. The standard InChI is InChI=1S/C34H34N2O6/c1-4-5-20-40-29-17-13-28(14-18-29)34(38)42-31-19-10-26(21-32(31)39-3)22-35-36-33(37)27-11-15-30(16-12-27)41-23-25-8-6-24(2)7-9-25/h6-19,21-22H,4-5,20,23H2,1-3H3,(H,36,37)/b35-22-. The zero-order chi connectivity index (χ0) is 29.7. The number of hydrazone groups is 1. The third kappa shape index (κ3) is 8.69. The first kappa shape index (κ1) is 29.9. The minimum absolute atomic E-state index is 0.261. The van der Waals surface area contributed by atoms with Crippen molar-refractivity contribution < 1.29 is 28.5 Å². The molecule has 0 fully saturated rings. The van der Waals surface area contributed by atoms with Crippen LogP contribution in [-0.4, -0.2) is 31.8 Å². The van der Waals surface area contributed by atoms with Gasteiger partial charge in [-0.15, -0.1) is 0 Å². The van der Waals surface area contributed by atoms with Crippen LogP contribution in [0.2, 0.25) is 0 Å². The molecule has 0 unspecified atom stereocenters. The summed E-state index contributed by atoms with van der Waals surface area (Å²) in [6, 6.07) is 26.7. The number of aryl methyl sites for hydroxylation is 1. The lowest BCUT2D eigenvalue weighted by Crippen LogP contribution is -2.17. The van der Waals surface area contributed by atoms with E-state index < -0.39 is 5.97 Å². The number of nitrogens with zero attached hydrogens (tertiary/aromatic N) is 1. The Bertz CT molecular complexity index is 1500. The van der Waals surface area contributed by atoms with E-state index in [1.807, 2.05) is 31.2 Å². The van der Waals surface area contributed by atoms with E-state index in [1.54, 1.807) is 66.7 Å². The first-order valence-corrected chi connectivity index (χ1v) is 13.7. The molecule has 0 bridgehead atoms. The van der Waals surface area contributed by atoms with Gasteiger partial charge in [-0.05, 0) is 91.2 Å². The smallest absolute Gasteiger partial charge is 0.343 e. The van der Waals surface area contributed by atoms with Crippen LogP contribution in [0.1, 0.15) is 57.2 Å². The Morgan fingerprint density at radius 1 is 0.810 bits per heavy atom. The van der Waals surface area contributed by atoms with Crippen LogP contribution in [0.25, 0.3) is 0 Å². The van der Waals surface area contributed by atoms with Crippen LogP contribution in [-0.2, 0) is 6.61 Å². The molecule has 4 rings (SSSR count). The monoisotopic (exact) mass is 566 g/mol. The maximum Gasteiger partial charge on any atom is 0.343 e. The molecule has 1 amide bonds. The number of methoxy groups -OCH3 is 1. The maximum atomic E-state index is 12.7. The van der Waals surface area contributed by atoms with Gasteiger partial charge in [0, 0.05) is 5.56 Å². The molecular weight excluding hydrogens is 532 g/mol. The average Bonchev–Trinajstić information content (AvgIpc) is 3.02. The van der Waals surface area contributed by atoms with Gasteiger partial charge in [-0.25, -0.2) is 10.2 Å². The Morgan fingerprint density at radius 2 is 1.48 bits per heavy atom. The van der Waals surface area contributed by atoms with E-state index in [-0.39, 0.29) is 11.7 Å². The zero-order valence-corrected chi connectivity index (χ0v) is 24.0. The van der Waals surface area contributed by atoms with Crippen molar-refractivity contribution in [3.8, 4) is 23.0 Å². The maximum absolute atomic E-state index is 12.7. The highest BCUT2D eigenvalue weighted by Gasteiger charge is 2.13. The van der Waals surface area contributed by atoms with Crippen LogP contribution < -0.4 is 24.4 Å². The van der Waals surface area contributed by atoms with E-state index in [9.17, 15) is 9.59 Å². The summed E-state index contributed by atoms with van der Waals surface area (Å²) in [5.41, 5.74) is 6.24. The number of hydrogen-bond donors (Lipinski definition) is 1. The predicted molar refractivity (Wildman–Crippen MR) is 162 cm³/mol. The highest BCUT2D eigenvalue weighted by Crippen LogP contribution is 2.28. The first-order valence-electron chi connectivity index (χ1n) is 13.7. The second-order valence-corrected chi connectivity index (χ2v) is 9.52. The lowest BCUT2D eigenvalue weighted by Gasteiger charge is -2.10. The van der Waals surface area contributed by atoms with Gasteiger partial charge < -0.3 is 18.9 Å². The van der Waals surface area contributed by atoms with Gasteiger partial charge in [0.1, 0.15) is 18.1 Å². The van der Waals surface area contributed by atoms with E-state index in [1.165, 1.54) is 18.9 Å². The van der Waals surface area contributed by atoms with E-state index in [0.29, 0.717) is 47.2 Å². The molecule has 42 heavy (non-hydrogen) atoms. The minimum atomic E-state index is -0.520. The van der Waals surface area contributed by atoms with Crippen LogP contribution >= 0.6 is 0 Å². The second kappa shape index (κ2) is 15.0. The molecule has 8 nitrogen and oxygen atoms in total. The predicted octanol–water partition coefficient (Wildman–Crippen LogP) is 6.74. The van der Waals surface area contributed by atoms with Gasteiger partial charge in [0.25, 0.3) is 5.91 Å². The summed E-state index contributed by atoms with van der Waals surface area (Å²) in [5.74, 6) is 1.09. The summed E-state index contributed by atoms with van der Waals surface area (Å²) in [6.07, 6.45) is 3.49. The zero-order valence-electron chi connectivity index (χ0n) is 24.0. The van der Waals surface area contributed by atoms with Gasteiger partial charge in [-0.2, -0.15) is 5.10 Å². The van der Waals surface area contributed by atoms with E-state index >= 15 is 0 Å².